The van der Waals surface area contributed by atoms with Crippen LogP contribution in [0.2, 0.25) is 0 Å². The van der Waals surface area contributed by atoms with E-state index < -0.39 is 49.3 Å². The van der Waals surface area contributed by atoms with Crippen molar-refractivity contribution in [2.75, 3.05) is 19.0 Å². The predicted molar refractivity (Wildman–Crippen MR) is 113 cm³/mol. The van der Waals surface area contributed by atoms with Crippen LogP contribution < -0.4 is 15.8 Å². The molecule has 12 heteroatoms. The van der Waals surface area contributed by atoms with Gasteiger partial charge in [-0.25, -0.2) is 9.59 Å². The first kappa shape index (κ1) is 23.9. The minimum Gasteiger partial charge on any atom is -0.465 e. The highest BCUT2D eigenvalue weighted by Crippen LogP contribution is 2.37. The molecule has 7 N–H and O–H groups in total. The maximum atomic E-state index is 12.0. The number of anilines is 1. The number of carbonyl (C=O) groups is 2. The maximum Gasteiger partial charge on any atom is 0.350 e. The van der Waals surface area contributed by atoms with Gasteiger partial charge >= 0.3 is 12.0 Å². The van der Waals surface area contributed by atoms with E-state index in [4.69, 9.17) is 19.9 Å². The number of benzene rings is 1. The van der Waals surface area contributed by atoms with Gasteiger partial charge in [-0.15, -0.1) is 11.3 Å². The van der Waals surface area contributed by atoms with Crippen molar-refractivity contribution in [3.05, 3.63) is 34.7 Å². The second kappa shape index (κ2) is 9.81. The summed E-state index contributed by atoms with van der Waals surface area (Å²) in [4.78, 5) is 24.1. The Hall–Kier alpha value is -2.74. The number of nitrogens with one attached hydrogen (secondary N) is 1. The van der Waals surface area contributed by atoms with Gasteiger partial charge in [0.15, 0.2) is 0 Å². The average molecular weight is 468 g/mol. The number of thiophene rings is 1. The van der Waals surface area contributed by atoms with Gasteiger partial charge in [-0.05, 0) is 42.3 Å². The smallest absolute Gasteiger partial charge is 0.350 e. The van der Waals surface area contributed by atoms with Crippen molar-refractivity contribution in [2.45, 2.75) is 37.6 Å². The Morgan fingerprint density at radius 2 is 1.91 bits per heavy atom. The number of primary amides is 1. The fourth-order valence-electron chi connectivity index (χ4n) is 3.23. The van der Waals surface area contributed by atoms with Crippen LogP contribution in [0.4, 0.5) is 10.5 Å². The second-order valence-corrected chi connectivity index (χ2v) is 8.18. The molecule has 0 bridgehead atoms. The first-order valence-electron chi connectivity index (χ1n) is 9.53. The molecule has 2 heterocycles. The molecule has 1 saturated heterocycles. The normalized spacial score (nSPS) is 25.2. The summed E-state index contributed by atoms with van der Waals surface area (Å²) in [6.07, 6.45) is -6.96. The molecule has 5 unspecified atom stereocenters. The lowest BCUT2D eigenvalue weighted by molar-refractivity contribution is -0.277. The summed E-state index contributed by atoms with van der Waals surface area (Å²) in [5.74, 6) is -0.289. The third-order valence-electron chi connectivity index (χ3n) is 4.91. The summed E-state index contributed by atoms with van der Waals surface area (Å²) in [6, 6.07) is 5.81. The maximum absolute atomic E-state index is 12.0. The third-order valence-corrected chi connectivity index (χ3v) is 6.08. The molecule has 1 aromatic carbocycles. The lowest BCUT2D eigenvalue weighted by atomic mass is 9.99. The van der Waals surface area contributed by atoms with Crippen LogP contribution in [0.3, 0.4) is 0 Å². The Balaban J connectivity index is 1.85. The summed E-state index contributed by atoms with van der Waals surface area (Å²) in [5.41, 5.74) is 6.74. The molecule has 1 fully saturated rings. The van der Waals surface area contributed by atoms with Gasteiger partial charge in [-0.2, -0.15) is 0 Å². The molecule has 11 nitrogen and oxygen atoms in total. The van der Waals surface area contributed by atoms with Crippen LogP contribution in [-0.2, 0) is 9.47 Å². The molecule has 0 saturated carbocycles. The molecule has 0 aliphatic carbocycles. The number of rotatable bonds is 6. The molecule has 1 aromatic heterocycles. The number of aryl methyl sites for hydroxylation is 1. The SMILES string of the molecule is COC(=O)c1sc(-c2ccc(OC3OC(CO)C(O)C(O)C3O)c(C)c2)cc1NC(N)=O. The minimum atomic E-state index is -1.55. The number of aliphatic hydroxyl groups is 4. The predicted octanol–water partition coefficient (Wildman–Crippen LogP) is 0.179. The molecule has 1 aliphatic heterocycles. The Labute approximate surface area is 187 Å². The van der Waals surface area contributed by atoms with Gasteiger partial charge in [0, 0.05) is 4.88 Å². The number of ether oxygens (including phenoxy) is 3. The van der Waals surface area contributed by atoms with Gasteiger partial charge < -0.3 is 45.7 Å². The van der Waals surface area contributed by atoms with E-state index in [1.807, 2.05) is 0 Å². The van der Waals surface area contributed by atoms with E-state index in [1.165, 1.54) is 7.11 Å². The van der Waals surface area contributed by atoms with E-state index in [1.54, 1.807) is 31.2 Å². The first-order valence-corrected chi connectivity index (χ1v) is 10.3. The van der Waals surface area contributed by atoms with Crippen molar-refractivity contribution < 1.29 is 44.2 Å². The number of hydrogen-bond acceptors (Lipinski definition) is 10. The zero-order chi connectivity index (χ0) is 23.6. The highest BCUT2D eigenvalue weighted by molar-refractivity contribution is 7.18. The molecule has 1 aliphatic rings. The van der Waals surface area contributed by atoms with E-state index in [-0.39, 0.29) is 10.6 Å². The zero-order valence-corrected chi connectivity index (χ0v) is 18.0. The van der Waals surface area contributed by atoms with Crippen LogP contribution >= 0.6 is 11.3 Å². The Kier molecular flexibility index (Phi) is 7.33. The van der Waals surface area contributed by atoms with Crippen molar-refractivity contribution in [3.63, 3.8) is 0 Å². The quantitative estimate of drug-likeness (QED) is 0.322. The number of amides is 2. The number of hydrogen-bond donors (Lipinski definition) is 6. The van der Waals surface area contributed by atoms with E-state index in [0.29, 0.717) is 21.8 Å². The van der Waals surface area contributed by atoms with Crippen molar-refractivity contribution in [1.29, 1.82) is 0 Å². The van der Waals surface area contributed by atoms with Gasteiger partial charge in [0.1, 0.15) is 35.0 Å². The molecular formula is C20H24N2O9S. The van der Waals surface area contributed by atoms with Crippen LogP contribution in [0, 0.1) is 6.92 Å². The summed E-state index contributed by atoms with van der Waals surface area (Å²) in [7, 11) is 1.23. The number of carbonyl (C=O) groups excluding carboxylic acids is 2. The highest BCUT2D eigenvalue weighted by atomic mass is 32.1. The minimum absolute atomic E-state index is 0.181. The molecule has 3 rings (SSSR count). The standard InChI is InChI=1S/C20H24N2O9S/c1-8-5-9(13-6-10(22-20(21)28)17(32-13)18(27)29-2)3-4-11(8)30-19-16(26)15(25)14(24)12(7-23)31-19/h3-6,12,14-16,19,23-26H,7H2,1-2H3,(H3,21,22,28). The van der Waals surface area contributed by atoms with Gasteiger partial charge in [0.2, 0.25) is 6.29 Å². The molecule has 174 valence electrons. The largest absolute Gasteiger partial charge is 0.465 e. The fraction of sp³-hybridized carbons (Fsp3) is 0.400. The van der Waals surface area contributed by atoms with Crippen LogP contribution in [-0.4, -0.2) is 76.8 Å². The van der Waals surface area contributed by atoms with Crippen LogP contribution in [0.15, 0.2) is 24.3 Å². The lowest BCUT2D eigenvalue weighted by Crippen LogP contribution is -2.60. The summed E-state index contributed by atoms with van der Waals surface area (Å²) in [6.45, 7) is 1.17. The van der Waals surface area contributed by atoms with Crippen molar-refractivity contribution in [2.24, 2.45) is 5.73 Å². The van der Waals surface area contributed by atoms with E-state index in [0.717, 1.165) is 11.3 Å². The van der Waals surface area contributed by atoms with Crippen molar-refractivity contribution in [3.8, 4) is 16.2 Å². The Morgan fingerprint density at radius 1 is 1.19 bits per heavy atom. The fourth-order valence-corrected chi connectivity index (χ4v) is 4.26. The van der Waals surface area contributed by atoms with E-state index >= 15 is 0 Å². The average Bonchev–Trinajstić information content (AvgIpc) is 3.17. The first-order chi connectivity index (χ1) is 15.2. The summed E-state index contributed by atoms with van der Waals surface area (Å²) in [5, 5.41) is 41.7. The molecule has 2 amide bonds. The number of urea groups is 1. The molecule has 5 atom stereocenters. The number of aliphatic hydroxyl groups excluding tert-OH is 4. The highest BCUT2D eigenvalue weighted by Gasteiger charge is 2.44. The monoisotopic (exact) mass is 468 g/mol. The molecular weight excluding hydrogens is 444 g/mol. The third kappa shape index (κ3) is 4.85. The van der Waals surface area contributed by atoms with Crippen LogP contribution in [0.25, 0.3) is 10.4 Å². The lowest BCUT2D eigenvalue weighted by Gasteiger charge is -2.39. The Morgan fingerprint density at radius 3 is 2.50 bits per heavy atom. The van der Waals surface area contributed by atoms with Gasteiger partial charge in [0.25, 0.3) is 0 Å². The van der Waals surface area contributed by atoms with Gasteiger partial charge in [-0.1, -0.05) is 0 Å². The Bertz CT molecular complexity index is 993. The second-order valence-electron chi connectivity index (χ2n) is 7.13. The topological polar surface area (TPSA) is 181 Å². The molecule has 0 radical (unpaired) electrons. The van der Waals surface area contributed by atoms with Crippen LogP contribution in [0.5, 0.6) is 5.75 Å². The summed E-state index contributed by atoms with van der Waals surface area (Å²) < 4.78 is 15.8. The summed E-state index contributed by atoms with van der Waals surface area (Å²) >= 11 is 1.10. The van der Waals surface area contributed by atoms with Crippen LogP contribution in [0.1, 0.15) is 15.2 Å². The van der Waals surface area contributed by atoms with E-state index in [9.17, 15) is 30.0 Å². The number of methoxy groups -OCH3 is 1. The zero-order valence-electron chi connectivity index (χ0n) is 17.2. The van der Waals surface area contributed by atoms with Gasteiger partial charge in [0.05, 0.1) is 19.4 Å². The van der Waals surface area contributed by atoms with Crippen molar-refractivity contribution in [1.82, 2.24) is 0 Å². The van der Waals surface area contributed by atoms with Crippen molar-refractivity contribution >= 4 is 29.0 Å². The molecule has 0 spiro atoms. The number of nitrogens with two attached hydrogens (primary N) is 1. The molecule has 2 aromatic rings. The molecule has 32 heavy (non-hydrogen) atoms. The number of esters is 1. The van der Waals surface area contributed by atoms with Gasteiger partial charge in [-0.3, -0.25) is 0 Å². The van der Waals surface area contributed by atoms with E-state index in [2.05, 4.69) is 5.32 Å².